The lowest BCUT2D eigenvalue weighted by molar-refractivity contribution is 0.415. The Balaban J connectivity index is 0.00000112. The van der Waals surface area contributed by atoms with Gasteiger partial charge in [0.25, 0.3) is 20.2 Å². The van der Waals surface area contributed by atoms with Crippen LogP contribution in [-0.4, -0.2) is 70.5 Å². The molecule has 0 saturated carbocycles. The van der Waals surface area contributed by atoms with Gasteiger partial charge in [0.05, 0.1) is 42.7 Å². The van der Waals surface area contributed by atoms with Gasteiger partial charge in [-0.1, -0.05) is 18.2 Å². The van der Waals surface area contributed by atoms with Crippen LogP contribution >= 0.6 is 0 Å². The SMILES string of the molecule is COc1ccc(Nc2ccc3c(O)c(N=Nc4cc(C)c(N=Nc5ccc(N=Nc6ccc(N=Nc7cc8c(S(=O)(=O)O)cccc8cc7S(=O)(=O)O)c(C)c6)c(C)c5)cc4OC)ccc3c2)cc1.O=S(=O)=O.O=S(=O)=O. The van der Waals surface area contributed by atoms with Gasteiger partial charge in [0, 0.05) is 28.2 Å². The van der Waals surface area contributed by atoms with E-state index in [-0.39, 0.29) is 27.9 Å². The number of methoxy groups -OCH3 is 2. The molecule has 0 saturated heterocycles. The van der Waals surface area contributed by atoms with Crippen molar-refractivity contribution in [3.8, 4) is 17.2 Å². The number of rotatable bonds is 14. The molecule has 0 amide bonds. The van der Waals surface area contributed by atoms with Crippen molar-refractivity contribution in [1.82, 2.24) is 0 Å². The van der Waals surface area contributed by atoms with Crippen molar-refractivity contribution in [3.63, 3.8) is 0 Å². The van der Waals surface area contributed by atoms with Gasteiger partial charge in [-0.15, -0.1) is 40.6 Å². The predicted molar refractivity (Wildman–Crippen MR) is 282 cm³/mol. The van der Waals surface area contributed by atoms with Crippen molar-refractivity contribution in [1.29, 1.82) is 0 Å². The van der Waals surface area contributed by atoms with Crippen LogP contribution in [0.25, 0.3) is 21.5 Å². The van der Waals surface area contributed by atoms with E-state index in [0.717, 1.165) is 51.8 Å². The van der Waals surface area contributed by atoms with Gasteiger partial charge in [-0.3, -0.25) is 9.11 Å². The summed E-state index contributed by atoms with van der Waals surface area (Å²) in [6.45, 7) is 5.44. The summed E-state index contributed by atoms with van der Waals surface area (Å²) < 4.78 is 130. The molecule has 396 valence electrons. The number of nitrogens with one attached hydrogen (secondary N) is 1. The van der Waals surface area contributed by atoms with Gasteiger partial charge in [0.2, 0.25) is 0 Å². The molecular formula is C49H41N9O15S4. The zero-order chi connectivity index (χ0) is 56.2. The fraction of sp³-hybridized carbons (Fsp3) is 0.102. The number of nitrogens with zero attached hydrogens (tertiary/aromatic N) is 8. The Bertz CT molecular complexity index is 4140. The average Bonchev–Trinajstić information content (AvgIpc) is 3.37. The largest absolute Gasteiger partial charge is 0.505 e. The van der Waals surface area contributed by atoms with Crippen molar-refractivity contribution in [3.05, 3.63) is 150 Å². The Labute approximate surface area is 441 Å². The molecule has 0 bridgehead atoms. The molecule has 8 rings (SSSR count). The van der Waals surface area contributed by atoms with E-state index in [1.54, 1.807) is 62.6 Å². The van der Waals surface area contributed by atoms with E-state index in [0.29, 0.717) is 50.8 Å². The van der Waals surface area contributed by atoms with Crippen LogP contribution in [0.5, 0.6) is 17.2 Å². The van der Waals surface area contributed by atoms with Crippen molar-refractivity contribution in [2.24, 2.45) is 40.9 Å². The van der Waals surface area contributed by atoms with Crippen LogP contribution in [0.15, 0.2) is 184 Å². The summed E-state index contributed by atoms with van der Waals surface area (Å²) >= 11 is 0. The number of hydrogen-bond donors (Lipinski definition) is 4. The van der Waals surface area contributed by atoms with Crippen molar-refractivity contribution in [2.75, 3.05) is 19.5 Å². The average molecular weight is 1120 g/mol. The molecule has 0 aromatic heterocycles. The zero-order valence-electron chi connectivity index (χ0n) is 40.7. The first-order chi connectivity index (χ1) is 36.4. The summed E-state index contributed by atoms with van der Waals surface area (Å²) in [5.74, 6) is 1.16. The number of hydrogen-bond acceptors (Lipinski definition) is 22. The van der Waals surface area contributed by atoms with Gasteiger partial charge < -0.3 is 19.9 Å². The second-order valence-electron chi connectivity index (χ2n) is 15.9. The number of azo groups is 4. The maximum atomic E-state index is 12.2. The summed E-state index contributed by atoms with van der Waals surface area (Å²) in [5.41, 5.74) is 6.72. The van der Waals surface area contributed by atoms with Crippen molar-refractivity contribution >= 4 is 120 Å². The summed E-state index contributed by atoms with van der Waals surface area (Å²) in [6, 6.07) is 36.5. The van der Waals surface area contributed by atoms with Crippen LogP contribution in [-0.2, 0) is 41.5 Å². The number of ether oxygens (including phenoxy) is 2. The van der Waals surface area contributed by atoms with Gasteiger partial charge in [0.15, 0.2) is 5.75 Å². The lowest BCUT2D eigenvalue weighted by atomic mass is 10.1. The molecule has 0 aliphatic rings. The molecule has 24 nitrogen and oxygen atoms in total. The fourth-order valence-corrected chi connectivity index (χ4v) is 8.50. The molecule has 28 heteroatoms. The number of benzene rings is 8. The third-order valence-corrected chi connectivity index (χ3v) is 12.6. The number of anilines is 2. The van der Waals surface area contributed by atoms with Gasteiger partial charge in [-0.2, -0.15) is 42.4 Å². The fourth-order valence-electron chi connectivity index (χ4n) is 7.15. The summed E-state index contributed by atoms with van der Waals surface area (Å²) in [5, 5.41) is 50.6. The summed E-state index contributed by atoms with van der Waals surface area (Å²) in [7, 11) is -12.6. The molecule has 0 fully saturated rings. The highest BCUT2D eigenvalue weighted by atomic mass is 32.2. The second-order valence-corrected chi connectivity index (χ2v) is 19.5. The molecule has 0 heterocycles. The molecule has 0 aliphatic carbocycles. The molecule has 0 spiro atoms. The Morgan fingerprint density at radius 1 is 0.442 bits per heavy atom. The predicted octanol–water partition coefficient (Wildman–Crippen LogP) is 12.5. The molecule has 0 radical (unpaired) electrons. The normalized spacial score (nSPS) is 11.7. The Kier molecular flexibility index (Phi) is 18.6. The first-order valence-electron chi connectivity index (χ1n) is 21.7. The van der Waals surface area contributed by atoms with Crippen molar-refractivity contribution < 1.29 is 65.8 Å². The van der Waals surface area contributed by atoms with Crippen LogP contribution in [0.4, 0.5) is 56.9 Å². The van der Waals surface area contributed by atoms with E-state index >= 15 is 0 Å². The monoisotopic (exact) mass is 1120 g/mol. The minimum absolute atomic E-state index is 0.00825. The highest BCUT2D eigenvalue weighted by Gasteiger charge is 2.21. The third-order valence-electron chi connectivity index (χ3n) is 10.8. The lowest BCUT2D eigenvalue weighted by Gasteiger charge is -2.10. The maximum absolute atomic E-state index is 12.2. The molecule has 0 aliphatic heterocycles. The van der Waals surface area contributed by atoms with E-state index in [1.807, 2.05) is 68.4 Å². The van der Waals surface area contributed by atoms with Gasteiger partial charge in [0.1, 0.15) is 38.4 Å². The number of aryl methyl sites for hydroxylation is 3. The molecule has 0 unspecified atom stereocenters. The molecular weight excluding hydrogens is 1080 g/mol. The highest BCUT2D eigenvalue weighted by molar-refractivity contribution is 7.86. The topological polar surface area (TPSA) is 361 Å². The lowest BCUT2D eigenvalue weighted by Crippen LogP contribution is -2.01. The Morgan fingerprint density at radius 3 is 1.49 bits per heavy atom. The van der Waals surface area contributed by atoms with Crippen LogP contribution in [0.2, 0.25) is 0 Å². The third kappa shape index (κ3) is 15.5. The smallest absolute Gasteiger partial charge is 0.425 e. The van der Waals surface area contributed by atoms with Crippen molar-refractivity contribution in [2.45, 2.75) is 30.6 Å². The Hall–Kier alpha value is -9.06. The molecule has 0 atom stereocenters. The van der Waals surface area contributed by atoms with E-state index < -0.39 is 51.2 Å². The number of phenolic OH excluding ortho intramolecular Hbond substituents is 1. The first-order valence-corrected chi connectivity index (χ1v) is 26.6. The standard InChI is InChI=1S/C49H41N9O9S2.2O3S/c1-28-21-36(13-19-40(28)53-51-35-14-20-41(29(2)22-35)54-58-45-26-39-31(25-48(45)69(63,64)65)7-6-8-47(39)68(60,61)62)52-56-43-27-46(67-5)44(23-30(43)3)57-55-42-18-9-32-24-34(12-17-38(32)49(42)59)50-33-10-15-37(66-4)16-11-33;2*1-4(2)3/h6-27,50,59H,1-5H3,(H,60,61,62)(H,63,64,65);;. The van der Waals surface area contributed by atoms with E-state index in [2.05, 4.69) is 46.2 Å². The zero-order valence-corrected chi connectivity index (χ0v) is 43.9. The summed E-state index contributed by atoms with van der Waals surface area (Å²) in [4.78, 5) is -1.06. The quantitative estimate of drug-likeness (QED) is 0.0580. The van der Waals surface area contributed by atoms with E-state index in [9.17, 15) is 31.0 Å². The minimum Gasteiger partial charge on any atom is -0.505 e. The molecule has 4 N–H and O–H groups in total. The second kappa shape index (κ2) is 25.0. The van der Waals surface area contributed by atoms with E-state index in [4.69, 9.17) is 34.7 Å². The maximum Gasteiger partial charge on any atom is 0.425 e. The van der Waals surface area contributed by atoms with Gasteiger partial charge in [-0.25, -0.2) is 0 Å². The van der Waals surface area contributed by atoms with Crippen LogP contribution in [0.3, 0.4) is 0 Å². The van der Waals surface area contributed by atoms with Crippen LogP contribution in [0.1, 0.15) is 16.7 Å². The Morgan fingerprint density at radius 2 is 0.935 bits per heavy atom. The number of phenols is 1. The molecule has 8 aromatic rings. The summed E-state index contributed by atoms with van der Waals surface area (Å²) in [6.07, 6.45) is 0. The number of fused-ring (bicyclic) bond motifs is 2. The first kappa shape index (κ1) is 57.2. The number of aromatic hydroxyl groups is 1. The van der Waals surface area contributed by atoms with Gasteiger partial charge in [-0.05, 0) is 157 Å². The minimum atomic E-state index is -4.80. The van der Waals surface area contributed by atoms with Gasteiger partial charge >= 0.3 is 21.2 Å². The van der Waals surface area contributed by atoms with Crippen LogP contribution < -0.4 is 14.8 Å². The molecule has 8 aromatic carbocycles. The highest BCUT2D eigenvalue weighted by Crippen LogP contribution is 2.41. The molecule has 77 heavy (non-hydrogen) atoms. The van der Waals surface area contributed by atoms with E-state index in [1.165, 1.54) is 19.2 Å². The van der Waals surface area contributed by atoms with Crippen LogP contribution in [0, 0.1) is 20.8 Å².